The van der Waals surface area contributed by atoms with E-state index in [2.05, 4.69) is 15.4 Å². The second kappa shape index (κ2) is 7.08. The number of hydrogen-bond acceptors (Lipinski definition) is 4. The van der Waals surface area contributed by atoms with Crippen molar-refractivity contribution in [2.24, 2.45) is 0 Å². The maximum atomic E-state index is 11.7. The molecule has 2 amide bonds. The van der Waals surface area contributed by atoms with Gasteiger partial charge in [0.2, 0.25) is 0 Å². The number of ether oxygens (including phenoxy) is 1. The Kier molecular flexibility index (Phi) is 5.74. The van der Waals surface area contributed by atoms with Crippen LogP contribution in [0.2, 0.25) is 0 Å². The van der Waals surface area contributed by atoms with E-state index in [4.69, 9.17) is 5.11 Å². The van der Waals surface area contributed by atoms with Crippen molar-refractivity contribution in [3.8, 4) is 0 Å². The summed E-state index contributed by atoms with van der Waals surface area (Å²) in [6, 6.07) is 3.05. The third kappa shape index (κ3) is 4.37. The van der Waals surface area contributed by atoms with Crippen LogP contribution < -0.4 is 10.6 Å². The van der Waals surface area contributed by atoms with Gasteiger partial charge in [-0.1, -0.05) is 0 Å². The number of methoxy groups -OCH3 is 1. The van der Waals surface area contributed by atoms with Crippen LogP contribution in [0.4, 0.5) is 10.5 Å². The first kappa shape index (κ1) is 16.2. The minimum Gasteiger partial charge on any atom is -0.478 e. The molecule has 1 atom stereocenters. The van der Waals surface area contributed by atoms with Crippen LogP contribution in [-0.2, 0) is 9.53 Å². The molecule has 0 saturated heterocycles. The highest BCUT2D eigenvalue weighted by Gasteiger charge is 2.17. The van der Waals surface area contributed by atoms with Gasteiger partial charge in [-0.3, -0.25) is 0 Å². The number of anilines is 1. The fourth-order valence-corrected chi connectivity index (χ4v) is 1.88. The van der Waals surface area contributed by atoms with Crippen molar-refractivity contribution in [1.82, 2.24) is 5.32 Å². The zero-order chi connectivity index (χ0) is 15.3. The summed E-state index contributed by atoms with van der Waals surface area (Å²) in [5, 5.41) is 13.8. The van der Waals surface area contributed by atoms with Gasteiger partial charge in [0.05, 0.1) is 18.4 Å². The molecule has 1 rings (SSSR count). The lowest BCUT2D eigenvalue weighted by atomic mass is 10.2. The van der Waals surface area contributed by atoms with Crippen LogP contribution in [0, 0.1) is 3.57 Å². The smallest absolute Gasteiger partial charge is 0.337 e. The summed E-state index contributed by atoms with van der Waals surface area (Å²) in [6.07, 6.45) is 0. The van der Waals surface area contributed by atoms with Crippen molar-refractivity contribution >= 4 is 46.2 Å². The van der Waals surface area contributed by atoms with E-state index in [1.165, 1.54) is 26.2 Å². The normalized spacial score (nSPS) is 11.3. The van der Waals surface area contributed by atoms with Gasteiger partial charge in [-0.15, -0.1) is 0 Å². The van der Waals surface area contributed by atoms with E-state index in [0.717, 1.165) is 3.57 Å². The van der Waals surface area contributed by atoms with E-state index in [9.17, 15) is 14.4 Å². The number of carbonyl (C=O) groups is 3. The summed E-state index contributed by atoms with van der Waals surface area (Å²) in [4.78, 5) is 33.9. The maximum Gasteiger partial charge on any atom is 0.337 e. The number of carbonyl (C=O) groups excluding carboxylic acids is 2. The Bertz CT molecular complexity index is 547. The number of amides is 2. The van der Waals surface area contributed by atoms with Gasteiger partial charge in [-0.05, 0) is 47.7 Å². The molecule has 1 aromatic rings. The van der Waals surface area contributed by atoms with Crippen molar-refractivity contribution in [1.29, 1.82) is 0 Å². The van der Waals surface area contributed by atoms with Gasteiger partial charge >= 0.3 is 18.0 Å². The highest BCUT2D eigenvalue weighted by Crippen LogP contribution is 2.18. The zero-order valence-corrected chi connectivity index (χ0v) is 12.9. The van der Waals surface area contributed by atoms with Gasteiger partial charge < -0.3 is 20.5 Å². The van der Waals surface area contributed by atoms with E-state index in [1.807, 2.05) is 22.6 Å². The molecule has 3 N–H and O–H groups in total. The lowest BCUT2D eigenvalue weighted by Crippen LogP contribution is -2.41. The largest absolute Gasteiger partial charge is 0.478 e. The van der Waals surface area contributed by atoms with E-state index in [0.29, 0.717) is 0 Å². The summed E-state index contributed by atoms with van der Waals surface area (Å²) in [6.45, 7) is 1.46. The molecular weight excluding hydrogens is 379 g/mol. The summed E-state index contributed by atoms with van der Waals surface area (Å²) in [7, 11) is 1.21. The van der Waals surface area contributed by atoms with Crippen LogP contribution in [0.1, 0.15) is 17.3 Å². The molecule has 0 saturated carbocycles. The van der Waals surface area contributed by atoms with Gasteiger partial charge in [0.25, 0.3) is 0 Å². The monoisotopic (exact) mass is 392 g/mol. The molecule has 108 valence electrons. The third-order valence-electron chi connectivity index (χ3n) is 2.36. The predicted molar refractivity (Wildman–Crippen MR) is 79.8 cm³/mol. The molecule has 0 aliphatic carbocycles. The highest BCUT2D eigenvalue weighted by molar-refractivity contribution is 14.1. The van der Waals surface area contributed by atoms with Crippen LogP contribution >= 0.6 is 22.6 Å². The minimum absolute atomic E-state index is 0.0298. The Morgan fingerprint density at radius 1 is 1.35 bits per heavy atom. The third-order valence-corrected chi connectivity index (χ3v) is 3.03. The molecule has 0 aliphatic rings. The summed E-state index contributed by atoms with van der Waals surface area (Å²) in [5.41, 5.74) is 0.116. The van der Waals surface area contributed by atoms with Gasteiger partial charge in [0, 0.05) is 3.57 Å². The van der Waals surface area contributed by atoms with Crippen molar-refractivity contribution in [2.45, 2.75) is 13.0 Å². The minimum atomic E-state index is -1.15. The topological polar surface area (TPSA) is 105 Å². The van der Waals surface area contributed by atoms with E-state index in [-0.39, 0.29) is 11.3 Å². The first-order valence-corrected chi connectivity index (χ1v) is 6.61. The number of aromatic carboxylic acids is 1. The second-order valence-electron chi connectivity index (χ2n) is 3.84. The first-order valence-electron chi connectivity index (χ1n) is 5.53. The molecular formula is C12H13IN2O5. The molecule has 1 unspecified atom stereocenters. The maximum absolute atomic E-state index is 11.7. The average molecular weight is 392 g/mol. The van der Waals surface area contributed by atoms with E-state index < -0.39 is 24.0 Å². The molecule has 0 aromatic heterocycles. The van der Waals surface area contributed by atoms with Crippen LogP contribution in [-0.4, -0.2) is 36.2 Å². The fraction of sp³-hybridized carbons (Fsp3) is 0.250. The second-order valence-corrected chi connectivity index (χ2v) is 5.08. The van der Waals surface area contributed by atoms with Crippen LogP contribution in [0.25, 0.3) is 0 Å². The zero-order valence-electron chi connectivity index (χ0n) is 10.8. The number of carboxylic acids is 1. The number of benzene rings is 1. The van der Waals surface area contributed by atoms with Crippen LogP contribution in [0.15, 0.2) is 18.2 Å². The number of hydrogen-bond donors (Lipinski definition) is 3. The molecule has 20 heavy (non-hydrogen) atoms. The number of carboxylic acid groups (broad SMARTS) is 1. The van der Waals surface area contributed by atoms with Crippen LogP contribution in [0.3, 0.4) is 0 Å². The number of urea groups is 1. The van der Waals surface area contributed by atoms with Crippen molar-refractivity contribution < 1.29 is 24.2 Å². The molecule has 7 nitrogen and oxygen atoms in total. The van der Waals surface area contributed by atoms with Crippen LogP contribution in [0.5, 0.6) is 0 Å². The molecule has 0 aliphatic heterocycles. The number of halogens is 1. The first-order chi connectivity index (χ1) is 9.35. The average Bonchev–Trinajstić information content (AvgIpc) is 2.39. The molecule has 8 heteroatoms. The standard InChI is InChI=1S/C12H13IN2O5/c1-6(11(18)20-2)14-12(19)15-9-4-3-7(13)5-8(9)10(16)17/h3-6H,1-2H3,(H,16,17)(H2,14,15,19). The summed E-state index contributed by atoms with van der Waals surface area (Å²) < 4.78 is 5.19. The van der Waals surface area contributed by atoms with Gasteiger partial charge in [-0.25, -0.2) is 14.4 Å². The van der Waals surface area contributed by atoms with E-state index >= 15 is 0 Å². The Hall–Kier alpha value is -1.84. The number of nitrogens with one attached hydrogen (secondary N) is 2. The molecule has 0 fully saturated rings. The quantitative estimate of drug-likeness (QED) is 0.534. The SMILES string of the molecule is COC(=O)C(C)NC(=O)Nc1ccc(I)cc1C(=O)O. The van der Waals surface area contributed by atoms with Gasteiger partial charge in [0.15, 0.2) is 0 Å². The summed E-state index contributed by atoms with van der Waals surface area (Å²) in [5.74, 6) is -1.75. The van der Waals surface area contributed by atoms with Crippen molar-refractivity contribution in [2.75, 3.05) is 12.4 Å². The molecule has 0 bridgehead atoms. The lowest BCUT2D eigenvalue weighted by molar-refractivity contribution is -0.142. The van der Waals surface area contributed by atoms with Crippen molar-refractivity contribution in [3.05, 3.63) is 27.3 Å². The van der Waals surface area contributed by atoms with E-state index in [1.54, 1.807) is 6.07 Å². The Morgan fingerprint density at radius 2 is 2.00 bits per heavy atom. The number of rotatable bonds is 4. The molecule has 0 spiro atoms. The Labute approximate surface area is 128 Å². The fourth-order valence-electron chi connectivity index (χ4n) is 1.39. The molecule has 0 radical (unpaired) electrons. The Balaban J connectivity index is 2.81. The number of esters is 1. The molecule has 1 aromatic carbocycles. The summed E-state index contributed by atoms with van der Waals surface area (Å²) >= 11 is 1.97. The lowest BCUT2D eigenvalue weighted by Gasteiger charge is -2.13. The van der Waals surface area contributed by atoms with Gasteiger partial charge in [0.1, 0.15) is 6.04 Å². The van der Waals surface area contributed by atoms with Gasteiger partial charge in [-0.2, -0.15) is 0 Å². The Morgan fingerprint density at radius 3 is 2.55 bits per heavy atom. The predicted octanol–water partition coefficient (Wildman–Crippen LogP) is 1.67. The van der Waals surface area contributed by atoms with Crippen molar-refractivity contribution in [3.63, 3.8) is 0 Å². The molecule has 0 heterocycles. The highest BCUT2D eigenvalue weighted by atomic mass is 127.